The minimum Gasteiger partial charge on any atom is -0.370 e. The van der Waals surface area contributed by atoms with Crippen LogP contribution in [0.3, 0.4) is 0 Å². The zero-order chi connectivity index (χ0) is 27.0. The maximum Gasteiger partial charge on any atom is 0.323 e. The molecule has 3 aromatic carbocycles. The topological polar surface area (TPSA) is 131 Å². The standard InChI is InChI=1S/C28H29ClN8O2/c29-23-17-22(36-27(38)34-20-7-1-5-18(15-20)25-30-11-3-12-31-25)9-10-24(23)37-28(39)35-21-8-2-6-19(16-21)26-32-13-4-14-33-26/h1-2,5-10,15-17H,3-4,11-14H2,(H,30,31)(H,32,33)(H2,34,36,38)(H2,35,37,39). The molecule has 0 bridgehead atoms. The molecule has 0 fully saturated rings. The molecule has 0 unspecified atom stereocenters. The third kappa shape index (κ3) is 7.05. The summed E-state index contributed by atoms with van der Waals surface area (Å²) in [7, 11) is 0. The highest BCUT2D eigenvalue weighted by molar-refractivity contribution is 6.34. The lowest BCUT2D eigenvalue weighted by Crippen LogP contribution is -2.30. The summed E-state index contributed by atoms with van der Waals surface area (Å²) in [4.78, 5) is 34.2. The fourth-order valence-electron chi connectivity index (χ4n) is 4.21. The first kappa shape index (κ1) is 26.1. The number of hydrogen-bond acceptors (Lipinski definition) is 6. The molecular weight excluding hydrogens is 516 g/mol. The van der Waals surface area contributed by atoms with Crippen LogP contribution in [0, 0.1) is 0 Å². The van der Waals surface area contributed by atoms with Gasteiger partial charge in [-0.1, -0.05) is 35.9 Å². The first-order valence-electron chi connectivity index (χ1n) is 12.8. The molecule has 10 nitrogen and oxygen atoms in total. The number of amidine groups is 2. The Morgan fingerprint density at radius 1 is 0.667 bits per heavy atom. The van der Waals surface area contributed by atoms with Gasteiger partial charge in [0.05, 0.1) is 10.7 Å². The van der Waals surface area contributed by atoms with Crippen LogP contribution in [0.25, 0.3) is 0 Å². The molecule has 200 valence electrons. The van der Waals surface area contributed by atoms with Crippen molar-refractivity contribution in [3.8, 4) is 0 Å². The summed E-state index contributed by atoms with van der Waals surface area (Å²) in [6, 6.07) is 18.9. The van der Waals surface area contributed by atoms with Crippen LogP contribution in [0.2, 0.25) is 5.02 Å². The maximum atomic E-state index is 12.6. The number of halogens is 1. The summed E-state index contributed by atoms with van der Waals surface area (Å²) in [6.45, 7) is 3.33. The van der Waals surface area contributed by atoms with Crippen molar-refractivity contribution in [3.05, 3.63) is 82.9 Å². The Bertz CT molecular complexity index is 1440. The molecular formula is C28H29ClN8O2. The summed E-state index contributed by atoms with van der Waals surface area (Å²) >= 11 is 6.40. The molecule has 0 aliphatic carbocycles. The van der Waals surface area contributed by atoms with Crippen molar-refractivity contribution in [2.45, 2.75) is 12.8 Å². The Kier molecular flexibility index (Phi) is 8.23. The number of benzene rings is 3. The number of amides is 4. The SMILES string of the molecule is O=C(Nc1cccc(C2=NCCCN2)c1)Nc1ccc(NC(=O)Nc2cccc(C3=NCCCN3)c2)c(Cl)c1. The van der Waals surface area contributed by atoms with Gasteiger partial charge < -0.3 is 31.9 Å². The first-order chi connectivity index (χ1) is 19.0. The van der Waals surface area contributed by atoms with Gasteiger partial charge in [0.2, 0.25) is 0 Å². The normalized spacial score (nSPS) is 14.6. The van der Waals surface area contributed by atoms with Crippen LogP contribution < -0.4 is 31.9 Å². The van der Waals surface area contributed by atoms with Gasteiger partial charge in [0.25, 0.3) is 0 Å². The highest BCUT2D eigenvalue weighted by atomic mass is 35.5. The minimum absolute atomic E-state index is 0.279. The van der Waals surface area contributed by atoms with Crippen molar-refractivity contribution in [2.24, 2.45) is 9.98 Å². The zero-order valence-corrected chi connectivity index (χ0v) is 21.9. The Hall–Kier alpha value is -4.57. The molecule has 2 aliphatic rings. The smallest absolute Gasteiger partial charge is 0.323 e. The van der Waals surface area contributed by atoms with E-state index < -0.39 is 12.1 Å². The number of nitrogens with one attached hydrogen (secondary N) is 6. The van der Waals surface area contributed by atoms with Gasteiger partial charge in [-0.25, -0.2) is 9.59 Å². The van der Waals surface area contributed by atoms with E-state index in [-0.39, 0.29) is 5.02 Å². The number of carbonyl (C=O) groups excluding carboxylic acids is 2. The minimum atomic E-state index is -0.442. The molecule has 11 heteroatoms. The number of nitrogens with zero attached hydrogens (tertiary/aromatic N) is 2. The lowest BCUT2D eigenvalue weighted by Gasteiger charge is -2.16. The number of rotatable bonds is 6. The van der Waals surface area contributed by atoms with E-state index in [1.165, 1.54) is 0 Å². The van der Waals surface area contributed by atoms with E-state index in [0.717, 1.165) is 61.8 Å². The molecule has 5 rings (SSSR count). The fourth-order valence-corrected chi connectivity index (χ4v) is 4.44. The first-order valence-corrected chi connectivity index (χ1v) is 13.1. The second-order valence-corrected chi connectivity index (χ2v) is 9.44. The van der Waals surface area contributed by atoms with Gasteiger partial charge in [0.15, 0.2) is 0 Å². The van der Waals surface area contributed by atoms with Crippen LogP contribution in [0.5, 0.6) is 0 Å². The monoisotopic (exact) mass is 544 g/mol. The predicted octanol–water partition coefficient (Wildman–Crippen LogP) is 5.11. The van der Waals surface area contributed by atoms with E-state index in [1.807, 2.05) is 36.4 Å². The zero-order valence-electron chi connectivity index (χ0n) is 21.2. The van der Waals surface area contributed by atoms with Crippen molar-refractivity contribution in [3.63, 3.8) is 0 Å². The molecule has 0 aromatic heterocycles. The average Bonchev–Trinajstić information content (AvgIpc) is 2.96. The van der Waals surface area contributed by atoms with E-state index in [9.17, 15) is 9.59 Å². The quantitative estimate of drug-likeness (QED) is 0.257. The van der Waals surface area contributed by atoms with Gasteiger partial charge in [0, 0.05) is 54.4 Å². The van der Waals surface area contributed by atoms with E-state index in [0.29, 0.717) is 22.7 Å². The third-order valence-corrected chi connectivity index (χ3v) is 6.37. The maximum absolute atomic E-state index is 12.6. The summed E-state index contributed by atoms with van der Waals surface area (Å²) in [5, 5.41) is 18.0. The van der Waals surface area contributed by atoms with Gasteiger partial charge in [-0.05, 0) is 55.3 Å². The molecule has 0 saturated carbocycles. The fraction of sp³-hybridized carbons (Fsp3) is 0.214. The number of carbonyl (C=O) groups is 2. The summed E-state index contributed by atoms with van der Waals surface area (Å²) in [5.74, 6) is 1.65. The number of urea groups is 2. The lowest BCUT2D eigenvalue weighted by molar-refractivity contribution is 0.261. The molecule has 0 spiro atoms. The molecule has 2 heterocycles. The van der Waals surface area contributed by atoms with Crippen LogP contribution in [0.1, 0.15) is 24.0 Å². The van der Waals surface area contributed by atoms with E-state index in [2.05, 4.69) is 41.9 Å². The second kappa shape index (κ2) is 12.3. The van der Waals surface area contributed by atoms with Crippen molar-refractivity contribution in [1.82, 2.24) is 10.6 Å². The van der Waals surface area contributed by atoms with Crippen LogP contribution in [0.15, 0.2) is 76.7 Å². The molecule has 3 aromatic rings. The number of anilines is 4. The summed E-state index contributed by atoms with van der Waals surface area (Å²) in [5.41, 5.74) is 3.97. The summed E-state index contributed by atoms with van der Waals surface area (Å²) in [6.07, 6.45) is 2.01. The molecule has 0 radical (unpaired) electrons. The van der Waals surface area contributed by atoms with Crippen LogP contribution in [0.4, 0.5) is 32.3 Å². The van der Waals surface area contributed by atoms with Gasteiger partial charge in [-0.15, -0.1) is 0 Å². The molecule has 6 N–H and O–H groups in total. The highest BCUT2D eigenvalue weighted by Crippen LogP contribution is 2.26. The molecule has 0 saturated heterocycles. The third-order valence-electron chi connectivity index (χ3n) is 6.06. The molecule has 4 amide bonds. The van der Waals surface area contributed by atoms with Crippen molar-refractivity contribution >= 4 is 58.1 Å². The average molecular weight is 545 g/mol. The predicted molar refractivity (Wildman–Crippen MR) is 158 cm³/mol. The second-order valence-electron chi connectivity index (χ2n) is 9.04. The Labute approximate surface area is 231 Å². The van der Waals surface area contributed by atoms with Crippen LogP contribution >= 0.6 is 11.6 Å². The Morgan fingerprint density at radius 3 is 1.67 bits per heavy atom. The number of aliphatic imine (C=N–C) groups is 2. The lowest BCUT2D eigenvalue weighted by atomic mass is 10.1. The highest BCUT2D eigenvalue weighted by Gasteiger charge is 2.12. The molecule has 39 heavy (non-hydrogen) atoms. The van der Waals surface area contributed by atoms with Gasteiger partial charge in [-0.2, -0.15) is 0 Å². The van der Waals surface area contributed by atoms with Gasteiger partial charge in [-0.3, -0.25) is 9.98 Å². The Morgan fingerprint density at radius 2 is 1.18 bits per heavy atom. The number of hydrogen-bond donors (Lipinski definition) is 6. The van der Waals surface area contributed by atoms with Gasteiger partial charge in [0.1, 0.15) is 11.7 Å². The van der Waals surface area contributed by atoms with Gasteiger partial charge >= 0.3 is 12.1 Å². The van der Waals surface area contributed by atoms with Crippen LogP contribution in [-0.4, -0.2) is 49.9 Å². The van der Waals surface area contributed by atoms with E-state index in [1.54, 1.807) is 30.3 Å². The van der Waals surface area contributed by atoms with Crippen molar-refractivity contribution in [2.75, 3.05) is 47.4 Å². The largest absolute Gasteiger partial charge is 0.370 e. The van der Waals surface area contributed by atoms with Crippen molar-refractivity contribution < 1.29 is 9.59 Å². The Balaban J connectivity index is 1.16. The molecule has 2 aliphatic heterocycles. The van der Waals surface area contributed by atoms with Crippen LogP contribution in [-0.2, 0) is 0 Å². The van der Waals surface area contributed by atoms with E-state index in [4.69, 9.17) is 11.6 Å². The van der Waals surface area contributed by atoms with Crippen molar-refractivity contribution in [1.29, 1.82) is 0 Å². The van der Waals surface area contributed by atoms with E-state index >= 15 is 0 Å². The molecule has 0 atom stereocenters. The summed E-state index contributed by atoms with van der Waals surface area (Å²) < 4.78 is 0.